The largest absolute Gasteiger partial charge is 0.362 e. The Balaban J connectivity index is 1.62. The van der Waals surface area contributed by atoms with Crippen LogP contribution in [0.15, 0.2) is 35.7 Å². The van der Waals surface area contributed by atoms with E-state index in [0.717, 1.165) is 35.5 Å². The van der Waals surface area contributed by atoms with Gasteiger partial charge in [-0.05, 0) is 48.1 Å². The van der Waals surface area contributed by atoms with E-state index in [1.807, 2.05) is 22.4 Å². The Morgan fingerprint density at radius 2 is 2.29 bits per heavy atom. The van der Waals surface area contributed by atoms with Crippen LogP contribution in [0.4, 0.5) is 10.1 Å². The lowest BCUT2D eigenvalue weighted by Gasteiger charge is -2.30. The number of carbonyl (C=O) groups is 1. The molecule has 5 heteroatoms. The first-order valence-electron chi connectivity index (χ1n) is 7.05. The Kier molecular flexibility index (Phi) is 4.20. The lowest BCUT2D eigenvalue weighted by Crippen LogP contribution is -2.39. The number of amides is 1. The van der Waals surface area contributed by atoms with E-state index in [-0.39, 0.29) is 11.7 Å². The van der Waals surface area contributed by atoms with E-state index < -0.39 is 0 Å². The number of hydrogen-bond donors (Lipinski definition) is 1. The van der Waals surface area contributed by atoms with Gasteiger partial charge in [-0.3, -0.25) is 4.79 Å². The van der Waals surface area contributed by atoms with Gasteiger partial charge in [-0.25, -0.2) is 4.39 Å². The molecule has 0 spiro atoms. The molecule has 21 heavy (non-hydrogen) atoms. The zero-order valence-electron chi connectivity index (χ0n) is 11.6. The maximum absolute atomic E-state index is 13.3. The summed E-state index contributed by atoms with van der Waals surface area (Å²) in [4.78, 5) is 15.2. The number of aryl methyl sites for hydroxylation is 1. The molecule has 0 aliphatic carbocycles. The SMILES string of the molecule is O=C(CN1CCCc2cc(F)ccc21)NCc1cccs1. The molecule has 2 heterocycles. The van der Waals surface area contributed by atoms with Crippen molar-refractivity contribution < 1.29 is 9.18 Å². The summed E-state index contributed by atoms with van der Waals surface area (Å²) in [6.45, 7) is 1.73. The molecule has 110 valence electrons. The summed E-state index contributed by atoms with van der Waals surface area (Å²) >= 11 is 1.63. The predicted molar refractivity (Wildman–Crippen MR) is 83.1 cm³/mol. The Morgan fingerprint density at radius 1 is 1.38 bits per heavy atom. The van der Waals surface area contributed by atoms with Crippen LogP contribution in [0.3, 0.4) is 0 Å². The number of nitrogens with one attached hydrogen (secondary N) is 1. The van der Waals surface area contributed by atoms with Crippen LogP contribution in [0.2, 0.25) is 0 Å². The number of benzene rings is 1. The molecular formula is C16H17FN2OS. The fraction of sp³-hybridized carbons (Fsp3) is 0.312. The monoisotopic (exact) mass is 304 g/mol. The van der Waals surface area contributed by atoms with E-state index >= 15 is 0 Å². The van der Waals surface area contributed by atoms with Crippen LogP contribution in [0.25, 0.3) is 0 Å². The molecule has 3 rings (SSSR count). The van der Waals surface area contributed by atoms with Gasteiger partial charge in [-0.15, -0.1) is 11.3 Å². The van der Waals surface area contributed by atoms with Crippen molar-refractivity contribution in [3.8, 4) is 0 Å². The normalized spacial score (nSPS) is 13.9. The maximum atomic E-state index is 13.3. The van der Waals surface area contributed by atoms with Gasteiger partial charge in [0.1, 0.15) is 5.82 Å². The smallest absolute Gasteiger partial charge is 0.239 e. The van der Waals surface area contributed by atoms with Crippen LogP contribution < -0.4 is 10.2 Å². The summed E-state index contributed by atoms with van der Waals surface area (Å²) in [5.41, 5.74) is 1.97. The molecule has 1 aliphatic heterocycles. The van der Waals surface area contributed by atoms with Crippen LogP contribution in [0.1, 0.15) is 16.9 Å². The molecule has 1 aliphatic rings. The molecule has 1 amide bonds. The summed E-state index contributed by atoms with van der Waals surface area (Å²) in [5.74, 6) is -0.210. The van der Waals surface area contributed by atoms with Crippen LogP contribution >= 0.6 is 11.3 Å². The molecule has 3 nitrogen and oxygen atoms in total. The number of hydrogen-bond acceptors (Lipinski definition) is 3. The molecule has 0 unspecified atom stereocenters. The van der Waals surface area contributed by atoms with Crippen molar-refractivity contribution in [1.29, 1.82) is 0 Å². The molecule has 1 aromatic heterocycles. The zero-order chi connectivity index (χ0) is 14.7. The lowest BCUT2D eigenvalue weighted by molar-refractivity contribution is -0.119. The second-order valence-electron chi connectivity index (χ2n) is 5.15. The second kappa shape index (κ2) is 6.26. The van der Waals surface area contributed by atoms with E-state index in [2.05, 4.69) is 5.32 Å². The second-order valence-corrected chi connectivity index (χ2v) is 6.19. The van der Waals surface area contributed by atoms with Crippen LogP contribution in [0.5, 0.6) is 0 Å². The van der Waals surface area contributed by atoms with Crippen molar-refractivity contribution in [3.05, 3.63) is 52.0 Å². The lowest BCUT2D eigenvalue weighted by atomic mass is 10.0. The molecule has 0 saturated carbocycles. The minimum absolute atomic E-state index is 0.000532. The summed E-state index contributed by atoms with van der Waals surface area (Å²) in [7, 11) is 0. The van der Waals surface area contributed by atoms with Gasteiger partial charge in [0, 0.05) is 17.1 Å². The van der Waals surface area contributed by atoms with Crippen molar-refractivity contribution in [2.75, 3.05) is 18.0 Å². The number of nitrogens with zero attached hydrogens (tertiary/aromatic N) is 1. The highest BCUT2D eigenvalue weighted by Gasteiger charge is 2.19. The number of thiophene rings is 1. The quantitative estimate of drug-likeness (QED) is 0.942. The van der Waals surface area contributed by atoms with E-state index in [9.17, 15) is 9.18 Å². The van der Waals surface area contributed by atoms with Crippen molar-refractivity contribution in [1.82, 2.24) is 5.32 Å². The summed E-state index contributed by atoms with van der Waals surface area (Å²) in [5, 5.41) is 4.93. The number of carbonyl (C=O) groups excluding carboxylic acids is 1. The van der Waals surface area contributed by atoms with E-state index in [0.29, 0.717) is 13.1 Å². The van der Waals surface area contributed by atoms with Crippen LogP contribution in [-0.2, 0) is 17.8 Å². The van der Waals surface area contributed by atoms with Gasteiger partial charge in [-0.1, -0.05) is 6.07 Å². The van der Waals surface area contributed by atoms with Gasteiger partial charge in [-0.2, -0.15) is 0 Å². The highest BCUT2D eigenvalue weighted by molar-refractivity contribution is 7.09. The summed E-state index contributed by atoms with van der Waals surface area (Å²) < 4.78 is 13.3. The minimum Gasteiger partial charge on any atom is -0.362 e. The Bertz CT molecular complexity index is 627. The number of anilines is 1. The Labute approximate surface area is 127 Å². The molecule has 1 N–H and O–H groups in total. The first kappa shape index (κ1) is 14.1. The number of rotatable bonds is 4. The highest BCUT2D eigenvalue weighted by atomic mass is 32.1. The van der Waals surface area contributed by atoms with Crippen molar-refractivity contribution in [3.63, 3.8) is 0 Å². The topological polar surface area (TPSA) is 32.3 Å². The van der Waals surface area contributed by atoms with E-state index in [1.165, 1.54) is 6.07 Å². The zero-order valence-corrected chi connectivity index (χ0v) is 12.5. The third-order valence-electron chi connectivity index (χ3n) is 3.63. The summed E-state index contributed by atoms with van der Waals surface area (Å²) in [6.07, 6.45) is 1.83. The predicted octanol–water partition coefficient (Wildman–Crippen LogP) is 2.96. The highest BCUT2D eigenvalue weighted by Crippen LogP contribution is 2.27. The van der Waals surface area contributed by atoms with E-state index in [1.54, 1.807) is 23.5 Å². The van der Waals surface area contributed by atoms with Crippen molar-refractivity contribution in [2.24, 2.45) is 0 Å². The average Bonchev–Trinajstić information content (AvgIpc) is 2.98. The molecule has 0 radical (unpaired) electrons. The van der Waals surface area contributed by atoms with E-state index in [4.69, 9.17) is 0 Å². The van der Waals surface area contributed by atoms with Crippen molar-refractivity contribution in [2.45, 2.75) is 19.4 Å². The fourth-order valence-corrected chi connectivity index (χ4v) is 3.28. The number of fused-ring (bicyclic) bond motifs is 1. The van der Waals surface area contributed by atoms with Crippen LogP contribution in [-0.4, -0.2) is 19.0 Å². The summed E-state index contributed by atoms with van der Waals surface area (Å²) in [6, 6.07) is 8.79. The van der Waals surface area contributed by atoms with Gasteiger partial charge >= 0.3 is 0 Å². The van der Waals surface area contributed by atoms with Gasteiger partial charge in [0.05, 0.1) is 13.1 Å². The molecule has 2 aromatic rings. The van der Waals surface area contributed by atoms with Crippen LogP contribution in [0, 0.1) is 5.82 Å². The van der Waals surface area contributed by atoms with Gasteiger partial charge in [0.15, 0.2) is 0 Å². The fourth-order valence-electron chi connectivity index (χ4n) is 2.64. The Hall–Kier alpha value is -1.88. The average molecular weight is 304 g/mol. The van der Waals surface area contributed by atoms with Crippen molar-refractivity contribution >= 4 is 22.9 Å². The first-order chi connectivity index (χ1) is 10.2. The molecule has 0 fully saturated rings. The maximum Gasteiger partial charge on any atom is 0.239 e. The van der Waals surface area contributed by atoms with Gasteiger partial charge in [0.2, 0.25) is 5.91 Å². The minimum atomic E-state index is -0.210. The Morgan fingerprint density at radius 3 is 3.10 bits per heavy atom. The van der Waals surface area contributed by atoms with Gasteiger partial charge in [0.25, 0.3) is 0 Å². The molecule has 1 aromatic carbocycles. The molecule has 0 saturated heterocycles. The third kappa shape index (κ3) is 3.42. The first-order valence-corrected chi connectivity index (χ1v) is 7.93. The molecule has 0 atom stereocenters. The molecule has 0 bridgehead atoms. The number of halogens is 1. The third-order valence-corrected chi connectivity index (χ3v) is 4.51. The van der Waals surface area contributed by atoms with Gasteiger partial charge < -0.3 is 10.2 Å². The molecular weight excluding hydrogens is 287 g/mol. The standard InChI is InChI=1S/C16H17FN2OS/c17-13-5-6-15-12(9-13)3-1-7-19(15)11-16(20)18-10-14-4-2-8-21-14/h2,4-6,8-9H,1,3,7,10-11H2,(H,18,20).